The van der Waals surface area contributed by atoms with Crippen molar-refractivity contribution in [3.63, 3.8) is 0 Å². The molecule has 0 spiro atoms. The minimum atomic E-state index is -1.74. The molecule has 3 fully saturated rings. The lowest BCUT2D eigenvalue weighted by Crippen LogP contribution is -2.37. The Labute approximate surface area is 100 Å². The number of cyclic esters (lactones) is 2. The molecule has 0 N–H and O–H groups in total. The van der Waals surface area contributed by atoms with Gasteiger partial charge in [0.25, 0.3) is 0 Å². The van der Waals surface area contributed by atoms with E-state index in [1.54, 1.807) is 0 Å². The van der Waals surface area contributed by atoms with Crippen LogP contribution in [0.25, 0.3) is 0 Å². The third-order valence-electron chi connectivity index (χ3n) is 4.63. The van der Waals surface area contributed by atoms with Gasteiger partial charge in [-0.15, -0.1) is 0 Å². The highest BCUT2D eigenvalue weighted by molar-refractivity contribution is 7.19. The fourth-order valence-corrected chi connectivity index (χ4v) is 7.02. The molecular weight excluding hydrogens is 244 g/mol. The Morgan fingerprint density at radius 1 is 1.19 bits per heavy atom. The van der Waals surface area contributed by atoms with Crippen LogP contribution in [0, 0.1) is 23.7 Å². The van der Waals surface area contributed by atoms with Crippen LogP contribution in [0.5, 0.6) is 0 Å². The summed E-state index contributed by atoms with van der Waals surface area (Å²) in [6.07, 6.45) is 2.03. The van der Waals surface area contributed by atoms with Gasteiger partial charge in [0.05, 0.1) is 11.8 Å². The van der Waals surface area contributed by atoms with Crippen molar-refractivity contribution < 1.29 is 14.3 Å². The molecule has 3 nitrogen and oxygen atoms in total. The van der Waals surface area contributed by atoms with Gasteiger partial charge in [-0.2, -0.15) is 11.1 Å². The summed E-state index contributed by atoms with van der Waals surface area (Å²) >= 11 is 6.51. The molecule has 1 saturated heterocycles. The lowest BCUT2D eigenvalue weighted by molar-refractivity contribution is -0.154. The number of hydrogen-bond donors (Lipinski definition) is 0. The van der Waals surface area contributed by atoms with Gasteiger partial charge in [0.2, 0.25) is 0 Å². The molecule has 2 saturated carbocycles. The van der Waals surface area contributed by atoms with E-state index in [1.807, 2.05) is 0 Å². The van der Waals surface area contributed by atoms with Crippen LogP contribution in [0.15, 0.2) is 0 Å². The summed E-state index contributed by atoms with van der Waals surface area (Å²) in [7, 11) is -1.74. The maximum Gasteiger partial charge on any atom is 0.317 e. The summed E-state index contributed by atoms with van der Waals surface area (Å²) in [6, 6.07) is 0. The molecule has 16 heavy (non-hydrogen) atoms. The van der Waals surface area contributed by atoms with Crippen molar-refractivity contribution in [2.75, 3.05) is 0 Å². The van der Waals surface area contributed by atoms with Gasteiger partial charge in [-0.3, -0.25) is 9.59 Å². The summed E-state index contributed by atoms with van der Waals surface area (Å²) in [5.41, 5.74) is 0.471. The molecule has 5 atom stereocenters. The van der Waals surface area contributed by atoms with E-state index in [-0.39, 0.29) is 23.8 Å². The first kappa shape index (κ1) is 10.8. The topological polar surface area (TPSA) is 43.4 Å². The molecule has 0 unspecified atom stereocenters. The van der Waals surface area contributed by atoms with Gasteiger partial charge in [-0.05, 0) is 30.2 Å². The summed E-state index contributed by atoms with van der Waals surface area (Å²) in [4.78, 5) is 23.2. The Bertz CT molecular complexity index is 376. The van der Waals surface area contributed by atoms with Crippen LogP contribution in [0.3, 0.4) is 0 Å². The van der Waals surface area contributed by atoms with Crippen molar-refractivity contribution >= 4 is 30.4 Å². The van der Waals surface area contributed by atoms with E-state index in [0.29, 0.717) is 17.4 Å². The number of carbonyl (C=O) groups excluding carboxylic acids is 2. The number of rotatable bonds is 1. The molecule has 3 rings (SSSR count). The molecule has 0 aromatic carbocycles. The molecule has 1 heterocycles. The highest BCUT2D eigenvalue weighted by atomic mass is 35.6. The van der Waals surface area contributed by atoms with Gasteiger partial charge in [0.15, 0.2) is 7.38 Å². The molecule has 0 aromatic rings. The van der Waals surface area contributed by atoms with E-state index in [0.717, 1.165) is 12.8 Å². The Hall–Kier alpha value is -0.353. The van der Waals surface area contributed by atoms with Gasteiger partial charge in [0, 0.05) is 0 Å². The average Bonchev–Trinajstić information content (AvgIpc) is 2.76. The Morgan fingerprint density at radius 3 is 2.44 bits per heavy atom. The summed E-state index contributed by atoms with van der Waals surface area (Å²) < 4.78 is 4.76. The van der Waals surface area contributed by atoms with Crippen molar-refractivity contribution in [2.45, 2.75) is 31.5 Å². The molecule has 0 amide bonds. The number of halogens is 1. The van der Waals surface area contributed by atoms with Gasteiger partial charge in [0.1, 0.15) is 0 Å². The first-order valence-corrected chi connectivity index (χ1v) is 9.93. The van der Waals surface area contributed by atoms with E-state index in [9.17, 15) is 9.59 Å². The number of carbonyl (C=O) groups is 2. The maximum absolute atomic E-state index is 11.7. The molecule has 2 bridgehead atoms. The number of esters is 2. The zero-order chi connectivity index (χ0) is 11.7. The molecule has 2 aliphatic carbocycles. The summed E-state index contributed by atoms with van der Waals surface area (Å²) in [5, 5.41) is 0. The zero-order valence-corrected chi connectivity index (χ0v) is 11.2. The first-order valence-electron chi connectivity index (χ1n) is 5.84. The highest BCUT2D eigenvalue weighted by Crippen LogP contribution is 2.63. The second-order valence-electron chi connectivity index (χ2n) is 5.86. The summed E-state index contributed by atoms with van der Waals surface area (Å²) in [6.45, 7) is 4.27. The van der Waals surface area contributed by atoms with Crippen LogP contribution in [0.2, 0.25) is 18.6 Å². The second-order valence-corrected chi connectivity index (χ2v) is 12.7. The first-order chi connectivity index (χ1) is 7.39. The van der Waals surface area contributed by atoms with E-state index in [4.69, 9.17) is 15.8 Å². The lowest BCUT2D eigenvalue weighted by Gasteiger charge is -2.33. The molecule has 5 heteroatoms. The smallest absolute Gasteiger partial charge is 0.317 e. The predicted molar refractivity (Wildman–Crippen MR) is 61.4 cm³/mol. The molecule has 88 valence electrons. The Kier molecular flexibility index (Phi) is 2.09. The molecular formula is C11H15ClO3Si. The van der Waals surface area contributed by atoms with Gasteiger partial charge in [-0.1, -0.05) is 13.1 Å². The largest absolute Gasteiger partial charge is 0.393 e. The average molecular weight is 259 g/mol. The van der Waals surface area contributed by atoms with E-state index < -0.39 is 7.38 Å². The molecule has 0 aromatic heterocycles. The van der Waals surface area contributed by atoms with Crippen molar-refractivity contribution in [3.05, 3.63) is 0 Å². The van der Waals surface area contributed by atoms with Crippen LogP contribution >= 0.6 is 11.1 Å². The van der Waals surface area contributed by atoms with E-state index in [1.165, 1.54) is 0 Å². The Morgan fingerprint density at radius 2 is 1.81 bits per heavy atom. The van der Waals surface area contributed by atoms with E-state index >= 15 is 0 Å². The minimum absolute atomic E-state index is 0.137. The zero-order valence-electron chi connectivity index (χ0n) is 9.40. The lowest BCUT2D eigenvalue weighted by atomic mass is 9.81. The normalized spacial score (nSPS) is 46.1. The SMILES string of the molecule is C[Si](C)(Cl)[C@H]1C[C@H]2C[C@@H]1[C@H]1C(=O)OC(=O)[C@@H]21. The van der Waals surface area contributed by atoms with Gasteiger partial charge < -0.3 is 4.74 Å². The highest BCUT2D eigenvalue weighted by Gasteiger charge is 2.64. The van der Waals surface area contributed by atoms with Crippen molar-refractivity contribution in [3.8, 4) is 0 Å². The van der Waals surface area contributed by atoms with Gasteiger partial charge in [-0.25, -0.2) is 0 Å². The standard InChI is InChI=1S/C11H15ClO3Si/c1-16(2,12)7-4-5-3-6(7)9-8(5)10(13)15-11(9)14/h5-9H,3-4H2,1-2H3/t5-,6+,7+,8+,9-/m1/s1. The quantitative estimate of drug-likeness (QED) is 0.313. The molecule has 0 radical (unpaired) electrons. The third kappa shape index (κ3) is 1.26. The second kappa shape index (κ2) is 3.10. The number of ether oxygens (including phenoxy) is 1. The fraction of sp³-hybridized carbons (Fsp3) is 0.818. The van der Waals surface area contributed by atoms with Crippen LogP contribution in [-0.4, -0.2) is 19.3 Å². The number of hydrogen-bond acceptors (Lipinski definition) is 3. The van der Waals surface area contributed by atoms with Crippen molar-refractivity contribution in [2.24, 2.45) is 23.7 Å². The van der Waals surface area contributed by atoms with Gasteiger partial charge >= 0.3 is 11.9 Å². The maximum atomic E-state index is 11.7. The monoisotopic (exact) mass is 258 g/mol. The fourth-order valence-electron chi connectivity index (χ4n) is 4.05. The van der Waals surface area contributed by atoms with Crippen LogP contribution in [0.4, 0.5) is 0 Å². The van der Waals surface area contributed by atoms with Crippen LogP contribution in [0.1, 0.15) is 12.8 Å². The van der Waals surface area contributed by atoms with Crippen LogP contribution in [-0.2, 0) is 14.3 Å². The minimum Gasteiger partial charge on any atom is -0.393 e. The van der Waals surface area contributed by atoms with Crippen molar-refractivity contribution in [1.29, 1.82) is 0 Å². The number of fused-ring (bicyclic) bond motifs is 5. The predicted octanol–water partition coefficient (Wildman–Crippen LogP) is 2.16. The van der Waals surface area contributed by atoms with Crippen LogP contribution < -0.4 is 0 Å². The molecule has 1 aliphatic heterocycles. The van der Waals surface area contributed by atoms with Crippen molar-refractivity contribution in [1.82, 2.24) is 0 Å². The Balaban J connectivity index is 1.93. The van der Waals surface area contributed by atoms with E-state index in [2.05, 4.69) is 13.1 Å². The molecule has 3 aliphatic rings. The third-order valence-corrected chi connectivity index (χ3v) is 7.90. The summed E-state index contributed by atoms with van der Waals surface area (Å²) in [5.74, 6) is -0.210.